The molecule has 1 aromatic heterocycles. The van der Waals surface area contributed by atoms with Crippen molar-refractivity contribution >= 4 is 11.6 Å². The van der Waals surface area contributed by atoms with Crippen LogP contribution >= 0.6 is 0 Å². The zero-order chi connectivity index (χ0) is 26.9. The summed E-state index contributed by atoms with van der Waals surface area (Å²) in [6, 6.07) is 22.9. The van der Waals surface area contributed by atoms with Crippen molar-refractivity contribution in [2.45, 2.75) is 44.7 Å². The molecule has 0 bridgehead atoms. The quantitative estimate of drug-likeness (QED) is 0.355. The Morgan fingerprint density at radius 3 is 2.61 bits per heavy atom. The van der Waals surface area contributed by atoms with Crippen LogP contribution in [0.1, 0.15) is 54.1 Å². The Morgan fingerprint density at radius 1 is 1.13 bits per heavy atom. The van der Waals surface area contributed by atoms with Gasteiger partial charge in [0.25, 0.3) is 5.91 Å². The van der Waals surface area contributed by atoms with Gasteiger partial charge in [0.1, 0.15) is 6.07 Å². The van der Waals surface area contributed by atoms with Crippen LogP contribution in [-0.2, 0) is 12.0 Å². The van der Waals surface area contributed by atoms with Gasteiger partial charge in [0.2, 0.25) is 11.8 Å². The van der Waals surface area contributed by atoms with E-state index in [2.05, 4.69) is 23.2 Å². The van der Waals surface area contributed by atoms with Gasteiger partial charge in [-0.1, -0.05) is 42.5 Å². The van der Waals surface area contributed by atoms with Crippen molar-refractivity contribution in [2.75, 3.05) is 12.3 Å². The first-order chi connectivity index (χ1) is 18.3. The number of nitrogen functional groups attached to an aromatic ring is 1. The van der Waals surface area contributed by atoms with Crippen LogP contribution in [0.4, 0.5) is 5.69 Å². The average Bonchev–Trinajstić information content (AvgIpc) is 3.58. The van der Waals surface area contributed by atoms with E-state index in [0.29, 0.717) is 52.4 Å². The number of anilines is 1. The van der Waals surface area contributed by atoms with Gasteiger partial charge in [-0.05, 0) is 68.5 Å². The van der Waals surface area contributed by atoms with Crippen LogP contribution in [0, 0.1) is 11.3 Å². The third-order valence-corrected chi connectivity index (χ3v) is 7.09. The third-order valence-electron chi connectivity index (χ3n) is 7.09. The molecule has 0 radical (unpaired) electrons. The summed E-state index contributed by atoms with van der Waals surface area (Å²) in [6.07, 6.45) is 2.45. The highest BCUT2D eigenvalue weighted by molar-refractivity contribution is 5.97. The van der Waals surface area contributed by atoms with Gasteiger partial charge in [-0.2, -0.15) is 5.26 Å². The van der Waals surface area contributed by atoms with Gasteiger partial charge in [-0.25, -0.2) is 0 Å². The van der Waals surface area contributed by atoms with Crippen molar-refractivity contribution in [3.63, 3.8) is 0 Å². The second-order valence-corrected chi connectivity index (χ2v) is 10.2. The van der Waals surface area contributed by atoms with E-state index in [1.165, 1.54) is 0 Å². The molecule has 5 rings (SSSR count). The van der Waals surface area contributed by atoms with Crippen molar-refractivity contribution in [2.24, 2.45) is 5.73 Å². The Hall–Kier alpha value is -4.48. The monoisotopic (exact) mass is 506 g/mol. The van der Waals surface area contributed by atoms with Gasteiger partial charge in [0, 0.05) is 29.3 Å². The molecule has 0 spiro atoms. The highest BCUT2D eigenvalue weighted by atomic mass is 16.4. The molecule has 0 aliphatic carbocycles. The minimum Gasteiger partial charge on any atom is -0.419 e. The molecule has 2 atom stereocenters. The minimum atomic E-state index is -0.893. The first kappa shape index (κ1) is 25.2. The number of nitriles is 1. The molecule has 4 aromatic rings. The molecule has 192 valence electrons. The second-order valence-electron chi connectivity index (χ2n) is 10.2. The Balaban J connectivity index is 1.58. The summed E-state index contributed by atoms with van der Waals surface area (Å²) in [5.41, 5.74) is 15.9. The lowest BCUT2D eigenvalue weighted by molar-refractivity contribution is 0.0747. The predicted molar refractivity (Wildman–Crippen MR) is 146 cm³/mol. The van der Waals surface area contributed by atoms with Crippen molar-refractivity contribution in [1.82, 2.24) is 15.1 Å². The molecule has 3 aromatic carbocycles. The van der Waals surface area contributed by atoms with Gasteiger partial charge in [0.05, 0.1) is 16.8 Å². The number of aromatic nitrogens is 2. The van der Waals surface area contributed by atoms with E-state index in [4.69, 9.17) is 15.9 Å². The number of nitrogens with zero attached hydrogens (tertiary/aromatic N) is 4. The number of likely N-dealkylation sites (tertiary alicyclic amines) is 1. The van der Waals surface area contributed by atoms with E-state index < -0.39 is 5.54 Å². The van der Waals surface area contributed by atoms with Crippen LogP contribution in [0.3, 0.4) is 0 Å². The van der Waals surface area contributed by atoms with E-state index in [1.807, 2.05) is 54.3 Å². The second kappa shape index (κ2) is 10.1. The molecule has 1 unspecified atom stereocenters. The average molecular weight is 507 g/mol. The fraction of sp³-hybridized carbons (Fsp3) is 0.267. The standard InChI is InChI=1S/C30H30N6O2/c1-19-8-7-13-36(19)28(37)23-15-21(24-11-6-12-26(32)25(24)18-31)14-22(16-23)27-34-35-29(38-27)30(2,33)17-20-9-4-3-5-10-20/h3-6,9-12,14-16,19H,7-8,13,17,32-33H2,1-2H3/t19?,30-/m1/s1. The molecule has 4 N–H and O–H groups in total. The smallest absolute Gasteiger partial charge is 0.254 e. The molecule has 8 nitrogen and oxygen atoms in total. The van der Waals surface area contributed by atoms with E-state index in [1.54, 1.807) is 24.3 Å². The summed E-state index contributed by atoms with van der Waals surface area (Å²) < 4.78 is 6.10. The normalized spacial score (nSPS) is 16.7. The van der Waals surface area contributed by atoms with Crippen LogP contribution in [0.25, 0.3) is 22.6 Å². The molecule has 1 aliphatic heterocycles. The fourth-order valence-electron chi connectivity index (χ4n) is 5.03. The first-order valence-corrected chi connectivity index (χ1v) is 12.7. The SMILES string of the molecule is CC1CCCN1C(=O)c1cc(-c2nnc([C@](C)(N)Cc3ccccc3)o2)cc(-c2cccc(N)c2C#N)c1. The molecular formula is C30H30N6O2. The fourth-order valence-corrected chi connectivity index (χ4v) is 5.03. The summed E-state index contributed by atoms with van der Waals surface area (Å²) in [5, 5.41) is 18.3. The van der Waals surface area contributed by atoms with E-state index >= 15 is 0 Å². The number of benzene rings is 3. The number of hydrogen-bond acceptors (Lipinski definition) is 7. The molecular weight excluding hydrogens is 476 g/mol. The molecule has 1 aliphatic rings. The maximum atomic E-state index is 13.6. The maximum Gasteiger partial charge on any atom is 0.254 e. The van der Waals surface area contributed by atoms with Gasteiger partial charge >= 0.3 is 0 Å². The number of amides is 1. The van der Waals surface area contributed by atoms with Crippen molar-refractivity contribution in [3.05, 3.63) is 89.3 Å². The highest BCUT2D eigenvalue weighted by Gasteiger charge is 2.30. The van der Waals surface area contributed by atoms with Gasteiger partial charge in [-0.3, -0.25) is 4.79 Å². The molecule has 1 saturated heterocycles. The van der Waals surface area contributed by atoms with Gasteiger partial charge < -0.3 is 20.8 Å². The van der Waals surface area contributed by atoms with E-state index in [-0.39, 0.29) is 17.8 Å². The van der Waals surface area contributed by atoms with Gasteiger partial charge in [-0.15, -0.1) is 10.2 Å². The lowest BCUT2D eigenvalue weighted by Gasteiger charge is -2.22. The van der Waals surface area contributed by atoms with E-state index in [9.17, 15) is 10.1 Å². The number of nitrogens with two attached hydrogens (primary N) is 2. The van der Waals surface area contributed by atoms with Crippen LogP contribution in [0.5, 0.6) is 0 Å². The van der Waals surface area contributed by atoms with Gasteiger partial charge in [0.15, 0.2) is 0 Å². The molecule has 0 saturated carbocycles. The third kappa shape index (κ3) is 4.89. The summed E-state index contributed by atoms with van der Waals surface area (Å²) >= 11 is 0. The number of carbonyl (C=O) groups is 1. The number of hydrogen-bond donors (Lipinski definition) is 2. The Morgan fingerprint density at radius 2 is 1.89 bits per heavy atom. The van der Waals surface area contributed by atoms with Crippen LogP contribution in [0.2, 0.25) is 0 Å². The first-order valence-electron chi connectivity index (χ1n) is 12.7. The largest absolute Gasteiger partial charge is 0.419 e. The zero-order valence-corrected chi connectivity index (χ0v) is 21.5. The molecule has 38 heavy (non-hydrogen) atoms. The predicted octanol–water partition coefficient (Wildman–Crippen LogP) is 4.90. The van der Waals surface area contributed by atoms with Crippen LogP contribution < -0.4 is 11.5 Å². The zero-order valence-electron chi connectivity index (χ0n) is 21.5. The van der Waals surface area contributed by atoms with Crippen molar-refractivity contribution in [3.8, 4) is 28.7 Å². The summed E-state index contributed by atoms with van der Waals surface area (Å²) in [5.74, 6) is 0.468. The Bertz CT molecular complexity index is 1520. The highest BCUT2D eigenvalue weighted by Crippen LogP contribution is 2.34. The lowest BCUT2D eigenvalue weighted by Crippen LogP contribution is -2.35. The molecule has 2 heterocycles. The van der Waals surface area contributed by atoms with Crippen molar-refractivity contribution in [1.29, 1.82) is 5.26 Å². The Labute approximate surface area is 221 Å². The van der Waals surface area contributed by atoms with Crippen LogP contribution in [-0.4, -0.2) is 33.6 Å². The minimum absolute atomic E-state index is 0.0759. The topological polar surface area (TPSA) is 135 Å². The summed E-state index contributed by atoms with van der Waals surface area (Å²) in [4.78, 5) is 15.4. The molecule has 1 amide bonds. The summed E-state index contributed by atoms with van der Waals surface area (Å²) in [7, 11) is 0. The Kier molecular flexibility index (Phi) is 6.70. The van der Waals surface area contributed by atoms with E-state index in [0.717, 1.165) is 18.4 Å². The maximum absolute atomic E-state index is 13.6. The summed E-state index contributed by atoms with van der Waals surface area (Å²) in [6.45, 7) is 4.61. The molecule has 1 fully saturated rings. The van der Waals surface area contributed by atoms with Crippen LogP contribution in [0.15, 0.2) is 71.1 Å². The molecule has 8 heteroatoms. The number of carbonyl (C=O) groups excluding carboxylic acids is 1. The van der Waals surface area contributed by atoms with Crippen molar-refractivity contribution < 1.29 is 9.21 Å². The number of rotatable bonds is 6. The lowest BCUT2D eigenvalue weighted by atomic mass is 9.94.